The number of carbonyl (C=O) groups is 2. The summed E-state index contributed by atoms with van der Waals surface area (Å²) >= 11 is 0. The second-order valence-corrected chi connectivity index (χ2v) is 3.34. The van der Waals surface area contributed by atoms with Crippen molar-refractivity contribution in [1.29, 1.82) is 0 Å². The summed E-state index contributed by atoms with van der Waals surface area (Å²) in [6, 6.07) is 3.81. The Labute approximate surface area is 96.4 Å². The third-order valence-corrected chi connectivity index (χ3v) is 2.26. The van der Waals surface area contributed by atoms with Crippen LogP contribution in [0.2, 0.25) is 0 Å². The normalized spacial score (nSPS) is 11.9. The molecule has 0 aliphatic heterocycles. The summed E-state index contributed by atoms with van der Waals surface area (Å²) in [5, 5.41) is 17.6. The minimum atomic E-state index is -1.47. The second-order valence-electron chi connectivity index (χ2n) is 3.34. The van der Waals surface area contributed by atoms with E-state index in [9.17, 15) is 14.0 Å². The summed E-state index contributed by atoms with van der Waals surface area (Å²) < 4.78 is 18.4. The molecule has 0 heterocycles. The van der Waals surface area contributed by atoms with Crippen LogP contribution in [0.4, 0.5) is 4.39 Å². The maximum absolute atomic E-state index is 13.6. The van der Waals surface area contributed by atoms with Crippen LogP contribution in [-0.2, 0) is 9.59 Å². The van der Waals surface area contributed by atoms with Gasteiger partial charge in [-0.2, -0.15) is 0 Å². The minimum absolute atomic E-state index is 0.0265. The third-order valence-electron chi connectivity index (χ3n) is 2.26. The number of hydrogen-bond acceptors (Lipinski definition) is 3. The van der Waals surface area contributed by atoms with E-state index >= 15 is 0 Å². The lowest BCUT2D eigenvalue weighted by Crippen LogP contribution is -2.18. The summed E-state index contributed by atoms with van der Waals surface area (Å²) in [6.45, 7) is 0. The highest BCUT2D eigenvalue weighted by Crippen LogP contribution is 2.31. The van der Waals surface area contributed by atoms with Gasteiger partial charge in [0.05, 0.1) is 19.4 Å². The van der Waals surface area contributed by atoms with Gasteiger partial charge < -0.3 is 14.9 Å². The molecule has 0 aliphatic carbocycles. The molecule has 0 amide bonds. The Morgan fingerprint density at radius 2 is 2.06 bits per heavy atom. The lowest BCUT2D eigenvalue weighted by atomic mass is 9.94. The van der Waals surface area contributed by atoms with E-state index in [1.165, 1.54) is 19.2 Å². The van der Waals surface area contributed by atoms with Crippen LogP contribution in [0.25, 0.3) is 0 Å². The molecule has 0 fully saturated rings. The quantitative estimate of drug-likeness (QED) is 0.816. The average Bonchev–Trinajstić information content (AvgIpc) is 2.25. The van der Waals surface area contributed by atoms with Crippen LogP contribution in [0.1, 0.15) is 17.9 Å². The molecule has 6 heteroatoms. The first kappa shape index (κ1) is 13.0. The van der Waals surface area contributed by atoms with Gasteiger partial charge in [0.1, 0.15) is 11.6 Å². The van der Waals surface area contributed by atoms with Crippen molar-refractivity contribution in [2.24, 2.45) is 0 Å². The van der Waals surface area contributed by atoms with Crippen LogP contribution in [-0.4, -0.2) is 29.3 Å². The van der Waals surface area contributed by atoms with Crippen LogP contribution < -0.4 is 4.74 Å². The molecule has 17 heavy (non-hydrogen) atoms. The number of methoxy groups -OCH3 is 1. The SMILES string of the molecule is COc1cccc(F)c1C(CC(=O)O)C(=O)O. The van der Waals surface area contributed by atoms with Gasteiger partial charge in [-0.15, -0.1) is 0 Å². The molecule has 0 aromatic heterocycles. The van der Waals surface area contributed by atoms with E-state index in [2.05, 4.69) is 0 Å². The highest BCUT2D eigenvalue weighted by atomic mass is 19.1. The van der Waals surface area contributed by atoms with E-state index in [0.717, 1.165) is 6.07 Å². The fourth-order valence-corrected chi connectivity index (χ4v) is 1.52. The number of hydrogen-bond donors (Lipinski definition) is 2. The molecule has 0 radical (unpaired) electrons. The fraction of sp³-hybridized carbons (Fsp3) is 0.273. The van der Waals surface area contributed by atoms with Crippen LogP contribution in [0.15, 0.2) is 18.2 Å². The van der Waals surface area contributed by atoms with Crippen LogP contribution in [0, 0.1) is 5.82 Å². The molecule has 0 saturated carbocycles. The maximum Gasteiger partial charge on any atom is 0.311 e. The molecule has 1 aromatic carbocycles. The minimum Gasteiger partial charge on any atom is -0.496 e. The first-order valence-corrected chi connectivity index (χ1v) is 4.74. The zero-order chi connectivity index (χ0) is 13.0. The fourth-order valence-electron chi connectivity index (χ4n) is 1.52. The Bertz CT molecular complexity index is 443. The molecule has 1 unspecified atom stereocenters. The zero-order valence-corrected chi connectivity index (χ0v) is 9.01. The number of carboxylic acids is 2. The lowest BCUT2D eigenvalue weighted by molar-refractivity contribution is -0.145. The van der Waals surface area contributed by atoms with Gasteiger partial charge in [-0.3, -0.25) is 9.59 Å². The number of aliphatic carboxylic acids is 2. The molecule has 92 valence electrons. The van der Waals surface area contributed by atoms with Crippen molar-refractivity contribution in [2.75, 3.05) is 7.11 Å². The van der Waals surface area contributed by atoms with E-state index in [1.807, 2.05) is 0 Å². The highest BCUT2D eigenvalue weighted by molar-refractivity contribution is 5.83. The molecule has 1 atom stereocenters. The monoisotopic (exact) mass is 242 g/mol. The summed E-state index contributed by atoms with van der Waals surface area (Å²) in [5.41, 5.74) is -0.245. The lowest BCUT2D eigenvalue weighted by Gasteiger charge is -2.15. The van der Waals surface area contributed by atoms with Crippen molar-refractivity contribution in [3.63, 3.8) is 0 Å². The molecule has 0 bridgehead atoms. The zero-order valence-electron chi connectivity index (χ0n) is 9.01. The Kier molecular flexibility index (Phi) is 4.03. The number of ether oxygens (including phenoxy) is 1. The predicted octanol–water partition coefficient (Wildman–Crippen LogP) is 1.48. The molecule has 5 nitrogen and oxygen atoms in total. The van der Waals surface area contributed by atoms with Crippen molar-refractivity contribution >= 4 is 11.9 Å². The predicted molar refractivity (Wildman–Crippen MR) is 55.6 cm³/mol. The van der Waals surface area contributed by atoms with Crippen LogP contribution in [0.3, 0.4) is 0 Å². The number of halogens is 1. The van der Waals surface area contributed by atoms with Crippen molar-refractivity contribution in [3.05, 3.63) is 29.6 Å². The van der Waals surface area contributed by atoms with Gasteiger partial charge in [-0.25, -0.2) is 4.39 Å². The summed E-state index contributed by atoms with van der Waals surface area (Å²) in [5.74, 6) is -4.96. The van der Waals surface area contributed by atoms with E-state index in [4.69, 9.17) is 14.9 Å². The molecule has 0 aliphatic rings. The van der Waals surface area contributed by atoms with Crippen molar-refractivity contribution in [1.82, 2.24) is 0 Å². The number of carboxylic acid groups (broad SMARTS) is 2. The maximum atomic E-state index is 13.6. The standard InChI is InChI=1S/C11H11FO5/c1-17-8-4-2-3-7(12)10(8)6(11(15)16)5-9(13)14/h2-4,6H,5H2,1H3,(H,13,14)(H,15,16). The molecule has 0 saturated heterocycles. The first-order valence-electron chi connectivity index (χ1n) is 4.74. The summed E-state index contributed by atoms with van der Waals surface area (Å²) in [7, 11) is 1.26. The number of benzene rings is 1. The van der Waals surface area contributed by atoms with Gasteiger partial charge in [0.25, 0.3) is 0 Å². The summed E-state index contributed by atoms with van der Waals surface area (Å²) in [6.07, 6.45) is -0.702. The topological polar surface area (TPSA) is 83.8 Å². The van der Waals surface area contributed by atoms with Gasteiger partial charge in [0.15, 0.2) is 0 Å². The van der Waals surface area contributed by atoms with Crippen molar-refractivity contribution in [2.45, 2.75) is 12.3 Å². The van der Waals surface area contributed by atoms with Crippen molar-refractivity contribution < 1.29 is 28.9 Å². The average molecular weight is 242 g/mol. The van der Waals surface area contributed by atoms with Gasteiger partial charge in [0, 0.05) is 5.56 Å². The number of rotatable bonds is 5. The van der Waals surface area contributed by atoms with E-state index < -0.39 is 30.1 Å². The van der Waals surface area contributed by atoms with Crippen LogP contribution >= 0.6 is 0 Å². The molecule has 2 N–H and O–H groups in total. The Hall–Kier alpha value is -2.11. The third kappa shape index (κ3) is 2.93. The van der Waals surface area contributed by atoms with Gasteiger partial charge in [-0.1, -0.05) is 6.07 Å². The molecule has 1 rings (SSSR count). The van der Waals surface area contributed by atoms with Crippen LogP contribution in [0.5, 0.6) is 5.75 Å². The highest BCUT2D eigenvalue weighted by Gasteiger charge is 2.29. The Balaban J connectivity index is 3.26. The molecular formula is C11H11FO5. The van der Waals surface area contributed by atoms with Gasteiger partial charge in [0.2, 0.25) is 0 Å². The first-order chi connectivity index (χ1) is 7.97. The van der Waals surface area contributed by atoms with Crippen molar-refractivity contribution in [3.8, 4) is 5.75 Å². The van der Waals surface area contributed by atoms with E-state index in [1.54, 1.807) is 0 Å². The second kappa shape index (κ2) is 5.29. The molecular weight excluding hydrogens is 231 g/mol. The van der Waals surface area contributed by atoms with Gasteiger partial charge in [-0.05, 0) is 12.1 Å². The van der Waals surface area contributed by atoms with E-state index in [0.29, 0.717) is 0 Å². The Morgan fingerprint density at radius 3 is 2.53 bits per heavy atom. The smallest absolute Gasteiger partial charge is 0.311 e. The largest absolute Gasteiger partial charge is 0.496 e. The van der Waals surface area contributed by atoms with E-state index in [-0.39, 0.29) is 11.3 Å². The van der Waals surface area contributed by atoms with Gasteiger partial charge >= 0.3 is 11.9 Å². The molecule has 0 spiro atoms. The Morgan fingerprint density at radius 1 is 1.41 bits per heavy atom. The molecule has 1 aromatic rings. The summed E-state index contributed by atoms with van der Waals surface area (Å²) in [4.78, 5) is 21.5.